The van der Waals surface area contributed by atoms with Gasteiger partial charge in [0.15, 0.2) is 0 Å². The summed E-state index contributed by atoms with van der Waals surface area (Å²) in [6.07, 6.45) is 0. The van der Waals surface area contributed by atoms with Crippen LogP contribution in [0.5, 0.6) is 0 Å². The lowest BCUT2D eigenvalue weighted by molar-refractivity contribution is 0.535. The molecule has 0 radical (unpaired) electrons. The van der Waals surface area contributed by atoms with Gasteiger partial charge in [0.2, 0.25) is 0 Å². The summed E-state index contributed by atoms with van der Waals surface area (Å²) < 4.78 is 5.51. The zero-order chi connectivity index (χ0) is 15.1. The Kier molecular flexibility index (Phi) is 2.98. The van der Waals surface area contributed by atoms with Crippen molar-refractivity contribution in [1.82, 2.24) is 0 Å². The molecule has 0 bridgehead atoms. The first kappa shape index (κ1) is 13.1. The minimum atomic E-state index is -0.362. The van der Waals surface area contributed by atoms with Gasteiger partial charge in [0.25, 0.3) is 0 Å². The highest BCUT2D eigenvalue weighted by atomic mass is 35.5. The van der Waals surface area contributed by atoms with Gasteiger partial charge in [-0.15, -0.1) is 0 Å². The van der Waals surface area contributed by atoms with Gasteiger partial charge in [-0.25, -0.2) is 4.79 Å². The van der Waals surface area contributed by atoms with Crippen molar-refractivity contribution in [1.29, 1.82) is 0 Å². The molecule has 1 heterocycles. The van der Waals surface area contributed by atoms with E-state index in [2.05, 4.69) is 0 Å². The second-order valence-corrected chi connectivity index (χ2v) is 5.48. The maximum absolute atomic E-state index is 12.5. The third kappa shape index (κ3) is 1.92. The molecule has 22 heavy (non-hydrogen) atoms. The van der Waals surface area contributed by atoms with Crippen LogP contribution in [0.4, 0.5) is 0 Å². The lowest BCUT2D eigenvalue weighted by Gasteiger charge is -2.00. The molecular formula is C19H11ClO2. The Bertz CT molecular complexity index is 1000. The summed E-state index contributed by atoms with van der Waals surface area (Å²) in [4.78, 5) is 12.5. The normalized spacial score (nSPS) is 11.1. The highest BCUT2D eigenvalue weighted by Crippen LogP contribution is 2.41. The second kappa shape index (κ2) is 5.00. The van der Waals surface area contributed by atoms with Crippen LogP contribution >= 0.6 is 11.6 Å². The Labute approximate surface area is 131 Å². The maximum Gasteiger partial charge on any atom is 0.344 e. The van der Waals surface area contributed by atoms with Gasteiger partial charge >= 0.3 is 5.63 Å². The Morgan fingerprint density at radius 3 is 2.18 bits per heavy atom. The lowest BCUT2D eigenvalue weighted by atomic mass is 10.1. The van der Waals surface area contributed by atoms with Crippen LogP contribution in [0.25, 0.3) is 33.2 Å². The molecule has 0 atom stereocenters. The van der Waals surface area contributed by atoms with Crippen molar-refractivity contribution >= 4 is 22.4 Å². The molecule has 2 aliphatic carbocycles. The highest BCUT2D eigenvalue weighted by Gasteiger charge is 2.20. The quantitative estimate of drug-likeness (QED) is 0.483. The minimum Gasteiger partial charge on any atom is -0.422 e. The molecule has 0 amide bonds. The first-order valence-corrected chi connectivity index (χ1v) is 7.33. The van der Waals surface area contributed by atoms with Crippen LogP contribution < -0.4 is 5.63 Å². The minimum absolute atomic E-state index is 0.362. The van der Waals surface area contributed by atoms with Crippen molar-refractivity contribution in [2.45, 2.75) is 0 Å². The molecule has 0 saturated heterocycles. The van der Waals surface area contributed by atoms with Crippen LogP contribution in [-0.4, -0.2) is 0 Å². The van der Waals surface area contributed by atoms with Gasteiger partial charge in [0.05, 0.1) is 10.4 Å². The van der Waals surface area contributed by atoms with Gasteiger partial charge in [0.1, 0.15) is 5.76 Å². The van der Waals surface area contributed by atoms with Crippen molar-refractivity contribution in [2.75, 3.05) is 0 Å². The van der Waals surface area contributed by atoms with Gasteiger partial charge in [-0.1, -0.05) is 72.3 Å². The van der Waals surface area contributed by atoms with Crippen molar-refractivity contribution in [2.24, 2.45) is 0 Å². The van der Waals surface area contributed by atoms with E-state index < -0.39 is 0 Å². The van der Waals surface area contributed by atoms with E-state index in [1.54, 1.807) is 0 Å². The Morgan fingerprint density at radius 1 is 0.818 bits per heavy atom. The molecule has 1 aromatic carbocycles. The zero-order valence-corrected chi connectivity index (χ0v) is 12.3. The van der Waals surface area contributed by atoms with Crippen LogP contribution in [0, 0.1) is 0 Å². The summed E-state index contributed by atoms with van der Waals surface area (Å²) in [7, 11) is 0. The van der Waals surface area contributed by atoms with E-state index in [4.69, 9.17) is 16.0 Å². The molecule has 0 spiro atoms. The van der Waals surface area contributed by atoms with Crippen molar-refractivity contribution < 1.29 is 4.42 Å². The molecule has 4 rings (SSSR count). The molecule has 0 N–H and O–H groups in total. The van der Waals surface area contributed by atoms with Gasteiger partial charge in [-0.05, 0) is 11.6 Å². The molecule has 0 aliphatic heterocycles. The molecule has 1 aromatic heterocycles. The number of hydrogen-bond acceptors (Lipinski definition) is 2. The largest absolute Gasteiger partial charge is 0.422 e. The highest BCUT2D eigenvalue weighted by molar-refractivity contribution is 6.40. The van der Waals surface area contributed by atoms with E-state index in [1.807, 2.05) is 66.7 Å². The van der Waals surface area contributed by atoms with Crippen molar-refractivity contribution in [3.8, 4) is 22.5 Å². The Balaban J connectivity index is 2.12. The van der Waals surface area contributed by atoms with Gasteiger partial charge < -0.3 is 4.42 Å². The average molecular weight is 307 g/mol. The second-order valence-electron chi connectivity index (χ2n) is 5.10. The zero-order valence-electron chi connectivity index (χ0n) is 11.5. The number of hydrogen-bond donors (Lipinski definition) is 0. The molecule has 3 heteroatoms. The summed E-state index contributed by atoms with van der Waals surface area (Å²) in [5.74, 6) is 0.527. The average Bonchev–Trinajstić information content (AvgIpc) is 2.71. The third-order valence-corrected chi connectivity index (χ3v) is 4.20. The van der Waals surface area contributed by atoms with Gasteiger partial charge in [-0.3, -0.25) is 0 Å². The number of benzene rings is 1. The number of halogens is 1. The van der Waals surface area contributed by atoms with Gasteiger partial charge in [-0.2, -0.15) is 0 Å². The topological polar surface area (TPSA) is 30.2 Å². The summed E-state index contributed by atoms with van der Waals surface area (Å²) >= 11 is 6.50. The smallest absolute Gasteiger partial charge is 0.344 e. The Hall–Kier alpha value is -2.58. The first-order valence-electron chi connectivity index (χ1n) is 6.95. The summed E-state index contributed by atoms with van der Waals surface area (Å²) in [6, 6.07) is 20.9. The van der Waals surface area contributed by atoms with Gasteiger partial charge in [0, 0.05) is 16.5 Å². The monoisotopic (exact) mass is 306 g/mol. The van der Waals surface area contributed by atoms with Crippen LogP contribution in [0.1, 0.15) is 0 Å². The van der Waals surface area contributed by atoms with E-state index in [0.717, 1.165) is 22.1 Å². The van der Waals surface area contributed by atoms with E-state index in [9.17, 15) is 4.79 Å². The fraction of sp³-hybridized carbons (Fsp3) is 0. The van der Waals surface area contributed by atoms with Crippen LogP contribution in [0.3, 0.4) is 0 Å². The molecule has 106 valence electrons. The SMILES string of the molecule is O=c1oc(-c2ccccc2)cc2c(Cl)c3cccccc-3c12. The third-order valence-electron chi connectivity index (χ3n) is 3.79. The molecule has 0 unspecified atom stereocenters. The van der Waals surface area contributed by atoms with E-state index in [-0.39, 0.29) is 5.63 Å². The predicted octanol–water partition coefficient (Wildman–Crippen LogP) is 5.22. The van der Waals surface area contributed by atoms with Crippen LogP contribution in [-0.2, 0) is 0 Å². The lowest BCUT2D eigenvalue weighted by Crippen LogP contribution is -1.99. The van der Waals surface area contributed by atoms with Crippen LogP contribution in [0.15, 0.2) is 75.9 Å². The Morgan fingerprint density at radius 2 is 1.45 bits per heavy atom. The van der Waals surface area contributed by atoms with Crippen LogP contribution in [0.2, 0.25) is 5.02 Å². The molecule has 0 fully saturated rings. The van der Waals surface area contributed by atoms with E-state index >= 15 is 0 Å². The molecule has 2 aromatic rings. The predicted molar refractivity (Wildman–Crippen MR) is 89.6 cm³/mol. The van der Waals surface area contributed by atoms with Crippen molar-refractivity contribution in [3.05, 3.63) is 82.2 Å². The number of rotatable bonds is 1. The molecule has 2 nitrogen and oxygen atoms in total. The summed E-state index contributed by atoms with van der Waals surface area (Å²) in [5.41, 5.74) is 2.17. The first-order chi connectivity index (χ1) is 10.8. The summed E-state index contributed by atoms with van der Waals surface area (Å²) in [5, 5.41) is 1.86. The number of fused-ring (bicyclic) bond motifs is 3. The molecular weight excluding hydrogens is 296 g/mol. The molecule has 0 saturated carbocycles. The fourth-order valence-corrected chi connectivity index (χ4v) is 3.08. The van der Waals surface area contributed by atoms with E-state index in [1.165, 1.54) is 0 Å². The maximum atomic E-state index is 12.5. The van der Waals surface area contributed by atoms with Crippen molar-refractivity contribution in [3.63, 3.8) is 0 Å². The summed E-state index contributed by atoms with van der Waals surface area (Å²) in [6.45, 7) is 0. The standard InChI is InChI=1S/C19H11ClO2/c20-18-14-10-6-2-5-9-13(14)17-15(18)11-16(22-19(17)21)12-7-3-1-4-8-12/h1-11H. The van der Waals surface area contributed by atoms with E-state index in [0.29, 0.717) is 16.2 Å². The molecule has 2 aliphatic rings. The fourth-order valence-electron chi connectivity index (χ4n) is 2.77.